The van der Waals surface area contributed by atoms with Crippen molar-refractivity contribution in [2.24, 2.45) is 7.05 Å². The average molecular weight is 306 g/mol. The van der Waals surface area contributed by atoms with Crippen LogP contribution in [0.15, 0.2) is 61.2 Å². The first-order valence-corrected chi connectivity index (χ1v) is 7.45. The third kappa shape index (κ3) is 3.83. The van der Waals surface area contributed by atoms with Gasteiger partial charge in [0.15, 0.2) is 0 Å². The number of amides is 1. The molecule has 0 aliphatic rings. The Hall–Kier alpha value is -2.95. The third-order valence-electron chi connectivity index (χ3n) is 3.59. The molecule has 1 amide bonds. The summed E-state index contributed by atoms with van der Waals surface area (Å²) in [7, 11) is 1.84. The number of benzene rings is 1. The predicted octanol–water partition coefficient (Wildman–Crippen LogP) is 2.34. The summed E-state index contributed by atoms with van der Waals surface area (Å²) >= 11 is 0. The van der Waals surface area contributed by atoms with Gasteiger partial charge in [0.05, 0.1) is 12.6 Å². The van der Waals surface area contributed by atoms with E-state index in [1.165, 1.54) is 0 Å². The fourth-order valence-corrected chi connectivity index (χ4v) is 2.48. The maximum absolute atomic E-state index is 12.1. The van der Waals surface area contributed by atoms with Gasteiger partial charge in [-0.3, -0.25) is 14.5 Å². The Bertz CT molecular complexity index is 796. The van der Waals surface area contributed by atoms with E-state index >= 15 is 0 Å². The average Bonchev–Trinajstić information content (AvgIpc) is 2.99. The first-order valence-electron chi connectivity index (χ1n) is 7.45. The zero-order valence-corrected chi connectivity index (χ0v) is 12.9. The molecule has 5 nitrogen and oxygen atoms in total. The summed E-state index contributed by atoms with van der Waals surface area (Å²) in [6.07, 6.45) is 7.48. The predicted molar refractivity (Wildman–Crippen MR) is 88.4 cm³/mol. The normalized spacial score (nSPS) is 10.5. The highest BCUT2D eigenvalue weighted by atomic mass is 16.1. The second kappa shape index (κ2) is 6.87. The number of rotatable bonds is 5. The summed E-state index contributed by atoms with van der Waals surface area (Å²) in [5, 5.41) is 7.04. The van der Waals surface area contributed by atoms with E-state index in [1.807, 2.05) is 55.8 Å². The Morgan fingerprint density at radius 1 is 1.17 bits per heavy atom. The molecule has 0 aliphatic heterocycles. The van der Waals surface area contributed by atoms with Crippen molar-refractivity contribution in [3.05, 3.63) is 72.3 Å². The molecule has 2 heterocycles. The van der Waals surface area contributed by atoms with Gasteiger partial charge in [0, 0.05) is 37.7 Å². The minimum absolute atomic E-state index is 0.0148. The Morgan fingerprint density at radius 3 is 2.78 bits per heavy atom. The van der Waals surface area contributed by atoms with Crippen LogP contribution in [0.25, 0.3) is 11.1 Å². The Balaban J connectivity index is 1.68. The fourth-order valence-electron chi connectivity index (χ4n) is 2.48. The largest absolute Gasteiger partial charge is 0.352 e. The lowest BCUT2D eigenvalue weighted by atomic mass is 10.0. The summed E-state index contributed by atoms with van der Waals surface area (Å²) in [6, 6.07) is 12.0. The van der Waals surface area contributed by atoms with Gasteiger partial charge >= 0.3 is 0 Å². The highest BCUT2D eigenvalue weighted by Crippen LogP contribution is 2.22. The number of carbonyl (C=O) groups is 1. The van der Waals surface area contributed by atoms with E-state index in [-0.39, 0.29) is 5.91 Å². The molecule has 0 saturated heterocycles. The molecule has 2 aromatic heterocycles. The van der Waals surface area contributed by atoms with E-state index in [4.69, 9.17) is 0 Å². The van der Waals surface area contributed by atoms with E-state index in [9.17, 15) is 4.79 Å². The molecule has 0 unspecified atom stereocenters. The minimum Gasteiger partial charge on any atom is -0.352 e. The highest BCUT2D eigenvalue weighted by Gasteiger charge is 2.08. The monoisotopic (exact) mass is 306 g/mol. The summed E-state index contributed by atoms with van der Waals surface area (Å²) in [5.74, 6) is -0.0148. The standard InChI is InChI=1S/C18H18N4O/c1-22-13-14(10-21-22)9-18(23)20-12-16-5-2-3-7-17(16)15-6-4-8-19-11-15/h2-8,10-11,13H,9,12H2,1H3,(H,20,23). The van der Waals surface area contributed by atoms with Gasteiger partial charge in [0.2, 0.25) is 5.91 Å². The first kappa shape index (κ1) is 15.0. The smallest absolute Gasteiger partial charge is 0.224 e. The number of nitrogens with one attached hydrogen (secondary N) is 1. The summed E-state index contributed by atoms with van der Waals surface area (Å²) < 4.78 is 1.69. The van der Waals surface area contributed by atoms with Crippen LogP contribution in [0.3, 0.4) is 0 Å². The topological polar surface area (TPSA) is 59.8 Å². The second-order valence-corrected chi connectivity index (χ2v) is 5.37. The lowest BCUT2D eigenvalue weighted by Crippen LogP contribution is -2.24. The van der Waals surface area contributed by atoms with Crippen molar-refractivity contribution in [3.63, 3.8) is 0 Å². The Kier molecular flexibility index (Phi) is 4.47. The lowest BCUT2D eigenvalue weighted by molar-refractivity contribution is -0.120. The van der Waals surface area contributed by atoms with Crippen LogP contribution >= 0.6 is 0 Å². The third-order valence-corrected chi connectivity index (χ3v) is 3.59. The molecular formula is C18H18N4O. The summed E-state index contributed by atoms with van der Waals surface area (Å²) in [5.41, 5.74) is 4.11. The van der Waals surface area contributed by atoms with E-state index in [0.717, 1.165) is 22.3 Å². The number of hydrogen-bond donors (Lipinski definition) is 1. The molecule has 0 saturated carbocycles. The molecule has 116 valence electrons. The molecule has 0 radical (unpaired) electrons. The molecule has 23 heavy (non-hydrogen) atoms. The Morgan fingerprint density at radius 2 is 2.04 bits per heavy atom. The van der Waals surface area contributed by atoms with Gasteiger partial charge < -0.3 is 5.32 Å². The van der Waals surface area contributed by atoms with Crippen molar-refractivity contribution in [2.75, 3.05) is 0 Å². The van der Waals surface area contributed by atoms with E-state index < -0.39 is 0 Å². The number of pyridine rings is 1. The van der Waals surface area contributed by atoms with Crippen LogP contribution in [-0.2, 0) is 24.8 Å². The number of aromatic nitrogens is 3. The van der Waals surface area contributed by atoms with Gasteiger partial charge in [0.25, 0.3) is 0 Å². The molecule has 0 aliphatic carbocycles. The number of nitrogens with zero attached hydrogens (tertiary/aromatic N) is 3. The van der Waals surface area contributed by atoms with Gasteiger partial charge in [-0.15, -0.1) is 0 Å². The van der Waals surface area contributed by atoms with Crippen LogP contribution in [0.2, 0.25) is 0 Å². The van der Waals surface area contributed by atoms with Gasteiger partial charge in [-0.25, -0.2) is 0 Å². The molecule has 0 bridgehead atoms. The summed E-state index contributed by atoms with van der Waals surface area (Å²) in [6.45, 7) is 0.490. The van der Waals surface area contributed by atoms with E-state index in [0.29, 0.717) is 13.0 Å². The van der Waals surface area contributed by atoms with Crippen molar-refractivity contribution in [2.45, 2.75) is 13.0 Å². The molecule has 5 heteroatoms. The van der Waals surface area contributed by atoms with Crippen LogP contribution in [0.4, 0.5) is 0 Å². The molecule has 0 fully saturated rings. The van der Waals surface area contributed by atoms with Gasteiger partial charge in [-0.1, -0.05) is 30.3 Å². The van der Waals surface area contributed by atoms with Crippen LogP contribution in [0.1, 0.15) is 11.1 Å². The zero-order chi connectivity index (χ0) is 16.1. The Labute approximate surface area is 135 Å². The molecule has 3 rings (SSSR count). The maximum Gasteiger partial charge on any atom is 0.224 e. The molecular weight excluding hydrogens is 288 g/mol. The van der Waals surface area contributed by atoms with Crippen LogP contribution < -0.4 is 5.32 Å². The van der Waals surface area contributed by atoms with Gasteiger partial charge in [0.1, 0.15) is 0 Å². The van der Waals surface area contributed by atoms with Crippen molar-refractivity contribution in [1.82, 2.24) is 20.1 Å². The van der Waals surface area contributed by atoms with Crippen molar-refractivity contribution >= 4 is 5.91 Å². The van der Waals surface area contributed by atoms with Crippen molar-refractivity contribution in [3.8, 4) is 11.1 Å². The fraction of sp³-hybridized carbons (Fsp3) is 0.167. The SMILES string of the molecule is Cn1cc(CC(=O)NCc2ccccc2-c2cccnc2)cn1. The van der Waals surface area contributed by atoms with Crippen molar-refractivity contribution < 1.29 is 4.79 Å². The first-order chi connectivity index (χ1) is 11.2. The number of hydrogen-bond acceptors (Lipinski definition) is 3. The summed E-state index contributed by atoms with van der Waals surface area (Å²) in [4.78, 5) is 16.2. The van der Waals surface area contributed by atoms with E-state index in [2.05, 4.69) is 15.4 Å². The number of carbonyl (C=O) groups excluding carboxylic acids is 1. The quantitative estimate of drug-likeness (QED) is 0.787. The molecule has 1 aromatic carbocycles. The molecule has 3 aromatic rings. The van der Waals surface area contributed by atoms with Crippen LogP contribution in [-0.4, -0.2) is 20.7 Å². The number of aryl methyl sites for hydroxylation is 1. The van der Waals surface area contributed by atoms with Gasteiger partial charge in [-0.2, -0.15) is 5.10 Å². The molecule has 0 atom stereocenters. The second-order valence-electron chi connectivity index (χ2n) is 5.37. The van der Waals surface area contributed by atoms with Crippen molar-refractivity contribution in [1.29, 1.82) is 0 Å². The maximum atomic E-state index is 12.1. The minimum atomic E-state index is -0.0148. The lowest BCUT2D eigenvalue weighted by Gasteiger charge is -2.10. The zero-order valence-electron chi connectivity index (χ0n) is 12.9. The van der Waals surface area contributed by atoms with E-state index in [1.54, 1.807) is 17.1 Å². The van der Waals surface area contributed by atoms with Gasteiger partial charge in [-0.05, 0) is 22.8 Å². The molecule has 0 spiro atoms. The highest BCUT2D eigenvalue weighted by molar-refractivity contribution is 5.78. The van der Waals surface area contributed by atoms with Crippen LogP contribution in [0.5, 0.6) is 0 Å². The molecule has 1 N–H and O–H groups in total. The van der Waals surface area contributed by atoms with Crippen LogP contribution in [0, 0.1) is 0 Å².